The number of hydrogen-bond acceptors (Lipinski definition) is 5. The molecule has 1 atom stereocenters. The van der Waals surface area contributed by atoms with Crippen molar-refractivity contribution in [3.05, 3.63) is 24.4 Å². The highest BCUT2D eigenvalue weighted by Gasteiger charge is 2.23. The maximum absolute atomic E-state index is 11.1. The molecule has 1 unspecified atom stereocenters. The van der Waals surface area contributed by atoms with Crippen LogP contribution in [0.5, 0.6) is 0 Å². The van der Waals surface area contributed by atoms with Gasteiger partial charge in [0.1, 0.15) is 11.9 Å². The summed E-state index contributed by atoms with van der Waals surface area (Å²) < 4.78 is 0. The number of carboxylic acids is 1. The summed E-state index contributed by atoms with van der Waals surface area (Å²) in [6, 6.07) is 5.42. The molecule has 0 radical (unpaired) electrons. The smallest absolute Gasteiger partial charge is 0.322 e. The Kier molecular flexibility index (Phi) is 5.31. The first-order valence-corrected chi connectivity index (χ1v) is 7.05. The molecule has 1 fully saturated rings. The Morgan fingerprint density at radius 2 is 2.15 bits per heavy atom. The molecule has 1 aromatic rings. The maximum Gasteiger partial charge on any atom is 0.322 e. The molecule has 0 aliphatic carbocycles. The van der Waals surface area contributed by atoms with E-state index < -0.39 is 12.0 Å². The van der Waals surface area contributed by atoms with E-state index in [1.54, 1.807) is 6.20 Å². The first kappa shape index (κ1) is 14.7. The van der Waals surface area contributed by atoms with E-state index in [2.05, 4.69) is 20.1 Å². The Balaban J connectivity index is 1.83. The quantitative estimate of drug-likeness (QED) is 0.778. The first-order valence-electron chi connectivity index (χ1n) is 7.05. The lowest BCUT2D eigenvalue weighted by molar-refractivity contribution is -0.140. The minimum Gasteiger partial charge on any atom is -0.480 e. The average molecular weight is 278 g/mol. The van der Waals surface area contributed by atoms with Gasteiger partial charge < -0.3 is 15.3 Å². The van der Waals surface area contributed by atoms with Crippen LogP contribution in [0.25, 0.3) is 0 Å². The van der Waals surface area contributed by atoms with E-state index >= 15 is 0 Å². The molecule has 0 saturated carbocycles. The molecule has 0 aromatic carbocycles. The van der Waals surface area contributed by atoms with Crippen LogP contribution in [0.15, 0.2) is 24.4 Å². The minimum atomic E-state index is -0.779. The van der Waals surface area contributed by atoms with E-state index in [4.69, 9.17) is 5.11 Å². The Morgan fingerprint density at radius 1 is 1.40 bits per heavy atom. The summed E-state index contributed by atoms with van der Waals surface area (Å²) in [5.74, 6) is 0.215. The summed E-state index contributed by atoms with van der Waals surface area (Å²) in [5, 5.41) is 12.2. The third kappa shape index (κ3) is 3.91. The van der Waals surface area contributed by atoms with Crippen LogP contribution in [0.2, 0.25) is 0 Å². The highest BCUT2D eigenvalue weighted by Crippen LogP contribution is 2.12. The monoisotopic (exact) mass is 278 g/mol. The van der Waals surface area contributed by atoms with Gasteiger partial charge in [0.2, 0.25) is 0 Å². The number of nitrogens with one attached hydrogen (secondary N) is 1. The van der Waals surface area contributed by atoms with Crippen molar-refractivity contribution in [1.29, 1.82) is 0 Å². The van der Waals surface area contributed by atoms with Crippen LogP contribution in [0.3, 0.4) is 0 Å². The van der Waals surface area contributed by atoms with E-state index in [1.807, 2.05) is 25.1 Å². The number of aromatic nitrogens is 1. The predicted molar refractivity (Wildman–Crippen MR) is 78.0 cm³/mol. The van der Waals surface area contributed by atoms with E-state index in [0.29, 0.717) is 13.1 Å². The number of likely N-dealkylation sites (N-methyl/N-ethyl adjacent to an activating group) is 1. The lowest BCUT2D eigenvalue weighted by Gasteiger charge is -2.36. The number of hydrogen-bond donors (Lipinski definition) is 2. The predicted octanol–water partition coefficient (Wildman–Crippen LogP) is 0.266. The molecule has 2 N–H and O–H groups in total. The SMILES string of the molecule is CCNC(CN1CCN(c2ccccn2)CC1)C(=O)O. The van der Waals surface area contributed by atoms with Gasteiger partial charge in [0.25, 0.3) is 0 Å². The second kappa shape index (κ2) is 7.21. The Hall–Kier alpha value is -1.66. The van der Waals surface area contributed by atoms with Crippen LogP contribution < -0.4 is 10.2 Å². The van der Waals surface area contributed by atoms with Crippen LogP contribution in [-0.4, -0.2) is 66.3 Å². The topological polar surface area (TPSA) is 68.7 Å². The molecule has 1 aliphatic heterocycles. The molecule has 0 bridgehead atoms. The van der Waals surface area contributed by atoms with Crippen molar-refractivity contribution < 1.29 is 9.90 Å². The van der Waals surface area contributed by atoms with Gasteiger partial charge >= 0.3 is 5.97 Å². The van der Waals surface area contributed by atoms with Crippen molar-refractivity contribution >= 4 is 11.8 Å². The zero-order valence-electron chi connectivity index (χ0n) is 11.8. The molecule has 0 amide bonds. The molecule has 1 saturated heterocycles. The Morgan fingerprint density at radius 3 is 2.70 bits per heavy atom. The number of nitrogens with zero attached hydrogens (tertiary/aromatic N) is 3. The van der Waals surface area contributed by atoms with Gasteiger partial charge in [-0.2, -0.15) is 0 Å². The van der Waals surface area contributed by atoms with Gasteiger partial charge in [0, 0.05) is 38.9 Å². The molecule has 110 valence electrons. The van der Waals surface area contributed by atoms with Crippen molar-refractivity contribution in [3.8, 4) is 0 Å². The van der Waals surface area contributed by atoms with E-state index in [1.165, 1.54) is 0 Å². The first-order chi connectivity index (χ1) is 9.70. The lowest BCUT2D eigenvalue weighted by Crippen LogP contribution is -2.53. The Labute approximate surface area is 119 Å². The van der Waals surface area contributed by atoms with E-state index in [0.717, 1.165) is 32.0 Å². The molecule has 6 nitrogen and oxygen atoms in total. The van der Waals surface area contributed by atoms with Gasteiger partial charge in [-0.15, -0.1) is 0 Å². The van der Waals surface area contributed by atoms with Crippen LogP contribution in [-0.2, 0) is 4.79 Å². The van der Waals surface area contributed by atoms with Crippen molar-refractivity contribution in [3.63, 3.8) is 0 Å². The van der Waals surface area contributed by atoms with Gasteiger partial charge in [-0.05, 0) is 18.7 Å². The second-order valence-electron chi connectivity index (χ2n) is 4.92. The maximum atomic E-state index is 11.1. The molecular formula is C14H22N4O2. The van der Waals surface area contributed by atoms with E-state index in [9.17, 15) is 4.79 Å². The molecule has 1 aromatic heterocycles. The molecule has 6 heteroatoms. The van der Waals surface area contributed by atoms with Gasteiger partial charge in [0.05, 0.1) is 0 Å². The third-order valence-electron chi connectivity index (χ3n) is 3.53. The number of piperazine rings is 1. The van der Waals surface area contributed by atoms with Crippen molar-refractivity contribution in [2.45, 2.75) is 13.0 Å². The van der Waals surface area contributed by atoms with Gasteiger partial charge in [-0.3, -0.25) is 9.69 Å². The van der Waals surface area contributed by atoms with Crippen molar-refractivity contribution in [2.75, 3.05) is 44.2 Å². The third-order valence-corrected chi connectivity index (χ3v) is 3.53. The number of aliphatic carboxylic acids is 1. The molecule has 1 aliphatic rings. The second-order valence-corrected chi connectivity index (χ2v) is 4.92. The van der Waals surface area contributed by atoms with Gasteiger partial charge in [0.15, 0.2) is 0 Å². The summed E-state index contributed by atoms with van der Waals surface area (Å²) in [5.41, 5.74) is 0. The number of carbonyl (C=O) groups is 1. The molecule has 0 spiro atoms. The minimum absolute atomic E-state index is 0.485. The van der Waals surface area contributed by atoms with Gasteiger partial charge in [-0.25, -0.2) is 4.98 Å². The average Bonchev–Trinajstić information content (AvgIpc) is 2.48. The number of carboxylic acid groups (broad SMARTS) is 1. The number of pyridine rings is 1. The van der Waals surface area contributed by atoms with Crippen molar-refractivity contribution in [2.24, 2.45) is 0 Å². The highest BCUT2D eigenvalue weighted by atomic mass is 16.4. The largest absolute Gasteiger partial charge is 0.480 e. The highest BCUT2D eigenvalue weighted by molar-refractivity contribution is 5.73. The zero-order chi connectivity index (χ0) is 14.4. The summed E-state index contributed by atoms with van der Waals surface area (Å²) in [6.07, 6.45) is 1.80. The van der Waals surface area contributed by atoms with Crippen LogP contribution in [0.4, 0.5) is 5.82 Å². The van der Waals surface area contributed by atoms with Crippen LogP contribution >= 0.6 is 0 Å². The zero-order valence-corrected chi connectivity index (χ0v) is 11.8. The summed E-state index contributed by atoms with van der Waals surface area (Å²) in [7, 11) is 0. The van der Waals surface area contributed by atoms with E-state index in [-0.39, 0.29) is 0 Å². The standard InChI is InChI=1S/C14H22N4O2/c1-2-15-12(14(19)20)11-17-7-9-18(10-8-17)13-5-3-4-6-16-13/h3-6,12,15H,2,7-11H2,1H3,(H,19,20). The van der Waals surface area contributed by atoms with Gasteiger partial charge in [-0.1, -0.05) is 13.0 Å². The Bertz CT molecular complexity index is 418. The summed E-state index contributed by atoms with van der Waals surface area (Å²) >= 11 is 0. The summed E-state index contributed by atoms with van der Waals surface area (Å²) in [6.45, 7) is 6.65. The normalized spacial score (nSPS) is 17.9. The molecule has 2 heterocycles. The molecular weight excluding hydrogens is 256 g/mol. The number of anilines is 1. The van der Waals surface area contributed by atoms with Crippen molar-refractivity contribution in [1.82, 2.24) is 15.2 Å². The molecule has 2 rings (SSSR count). The van der Waals surface area contributed by atoms with Crippen LogP contribution in [0, 0.1) is 0 Å². The molecule has 20 heavy (non-hydrogen) atoms. The number of rotatable bonds is 6. The fourth-order valence-electron chi connectivity index (χ4n) is 2.43. The fourth-order valence-corrected chi connectivity index (χ4v) is 2.43. The van der Waals surface area contributed by atoms with Crippen LogP contribution in [0.1, 0.15) is 6.92 Å². The summed E-state index contributed by atoms with van der Waals surface area (Å²) in [4.78, 5) is 19.9. The fraction of sp³-hybridized carbons (Fsp3) is 0.571. The lowest BCUT2D eigenvalue weighted by atomic mass is 10.2.